The van der Waals surface area contributed by atoms with Gasteiger partial charge in [-0.05, 0) is 30.9 Å². The summed E-state index contributed by atoms with van der Waals surface area (Å²) in [4.78, 5) is 10.6. The van der Waals surface area contributed by atoms with E-state index < -0.39 is 32.4 Å². The summed E-state index contributed by atoms with van der Waals surface area (Å²) in [6.07, 6.45) is 1.95. The van der Waals surface area contributed by atoms with E-state index in [0.717, 1.165) is 25.0 Å². The minimum absolute atomic E-state index is 0.242. The van der Waals surface area contributed by atoms with Crippen molar-refractivity contribution in [2.24, 2.45) is 5.92 Å². The monoisotopic (exact) mass is 335 g/mol. The van der Waals surface area contributed by atoms with Gasteiger partial charge in [-0.2, -0.15) is 4.31 Å². The van der Waals surface area contributed by atoms with Gasteiger partial charge in [0.05, 0.1) is 15.5 Å². The van der Waals surface area contributed by atoms with E-state index in [4.69, 9.17) is 16.7 Å². The Morgan fingerprint density at radius 1 is 1.48 bits per heavy atom. The van der Waals surface area contributed by atoms with Gasteiger partial charge in [-0.15, -0.1) is 0 Å². The van der Waals surface area contributed by atoms with Crippen molar-refractivity contribution in [3.63, 3.8) is 0 Å². The van der Waals surface area contributed by atoms with Gasteiger partial charge in [0.15, 0.2) is 0 Å². The van der Waals surface area contributed by atoms with Gasteiger partial charge in [-0.1, -0.05) is 18.5 Å². The molecule has 21 heavy (non-hydrogen) atoms. The quantitative estimate of drug-likeness (QED) is 0.867. The van der Waals surface area contributed by atoms with Crippen LogP contribution in [0.15, 0.2) is 17.0 Å². The van der Waals surface area contributed by atoms with Crippen molar-refractivity contribution in [3.05, 3.63) is 28.5 Å². The Hall–Kier alpha value is -1.18. The predicted molar refractivity (Wildman–Crippen MR) is 75.5 cm³/mol. The Bertz CT molecular complexity index is 673. The molecule has 5 nitrogen and oxygen atoms in total. The van der Waals surface area contributed by atoms with Gasteiger partial charge in [0.1, 0.15) is 5.82 Å². The minimum Gasteiger partial charge on any atom is -0.478 e. The second-order valence-electron chi connectivity index (χ2n) is 4.97. The Morgan fingerprint density at radius 2 is 2.10 bits per heavy atom. The molecule has 0 aliphatic heterocycles. The Morgan fingerprint density at radius 3 is 2.57 bits per heavy atom. The van der Waals surface area contributed by atoms with E-state index in [1.807, 2.05) is 0 Å². The maximum atomic E-state index is 13.7. The summed E-state index contributed by atoms with van der Waals surface area (Å²) in [7, 11) is -3.93. The van der Waals surface area contributed by atoms with Gasteiger partial charge in [-0.25, -0.2) is 17.6 Å². The number of benzene rings is 1. The number of hydrogen-bond acceptors (Lipinski definition) is 3. The van der Waals surface area contributed by atoms with E-state index in [9.17, 15) is 17.6 Å². The van der Waals surface area contributed by atoms with Crippen LogP contribution in [0.25, 0.3) is 0 Å². The highest BCUT2D eigenvalue weighted by Crippen LogP contribution is 2.32. The number of hydrogen-bond donors (Lipinski definition) is 1. The zero-order valence-corrected chi connectivity index (χ0v) is 12.9. The largest absolute Gasteiger partial charge is 0.478 e. The number of carbonyl (C=O) groups is 1. The lowest BCUT2D eigenvalue weighted by Gasteiger charge is -2.20. The highest BCUT2D eigenvalue weighted by Gasteiger charge is 2.32. The first-order chi connectivity index (χ1) is 9.77. The first-order valence-corrected chi connectivity index (χ1v) is 8.31. The third-order valence-corrected chi connectivity index (χ3v) is 5.68. The fourth-order valence-electron chi connectivity index (χ4n) is 2.00. The number of sulfonamides is 1. The third kappa shape index (κ3) is 3.36. The fourth-order valence-corrected chi connectivity index (χ4v) is 3.76. The van der Waals surface area contributed by atoms with Crippen molar-refractivity contribution >= 4 is 27.6 Å². The molecular weight excluding hydrogens is 321 g/mol. The molecule has 2 rings (SSSR count). The zero-order valence-electron chi connectivity index (χ0n) is 11.3. The van der Waals surface area contributed by atoms with Crippen LogP contribution in [-0.4, -0.2) is 36.9 Å². The molecule has 0 aromatic heterocycles. The lowest BCUT2D eigenvalue weighted by molar-refractivity contribution is 0.0696. The first-order valence-electron chi connectivity index (χ1n) is 6.49. The third-order valence-electron chi connectivity index (χ3n) is 3.38. The van der Waals surface area contributed by atoms with Gasteiger partial charge in [0, 0.05) is 13.1 Å². The van der Waals surface area contributed by atoms with Crippen LogP contribution < -0.4 is 0 Å². The van der Waals surface area contributed by atoms with Crippen LogP contribution in [0.2, 0.25) is 5.02 Å². The van der Waals surface area contributed by atoms with E-state index in [1.165, 1.54) is 4.31 Å². The van der Waals surface area contributed by atoms with Gasteiger partial charge < -0.3 is 5.11 Å². The summed E-state index contributed by atoms with van der Waals surface area (Å²) < 4.78 is 39.9. The molecule has 0 unspecified atom stereocenters. The second-order valence-corrected chi connectivity index (χ2v) is 7.29. The minimum atomic E-state index is -3.93. The zero-order chi connectivity index (χ0) is 15.8. The molecule has 1 N–H and O–H groups in total. The summed E-state index contributed by atoms with van der Waals surface area (Å²) >= 11 is 5.55. The molecule has 1 aromatic rings. The number of carboxylic acid groups (broad SMARTS) is 1. The topological polar surface area (TPSA) is 74.7 Å². The Balaban J connectivity index is 2.45. The van der Waals surface area contributed by atoms with Crippen molar-refractivity contribution < 1.29 is 22.7 Å². The maximum Gasteiger partial charge on any atom is 0.337 e. The normalized spacial score (nSPS) is 15.4. The van der Waals surface area contributed by atoms with Crippen LogP contribution in [0, 0.1) is 11.7 Å². The van der Waals surface area contributed by atoms with E-state index in [1.54, 1.807) is 6.92 Å². The summed E-state index contributed by atoms with van der Waals surface area (Å²) in [5, 5.41) is 8.38. The Kier molecular flexibility index (Phi) is 4.55. The van der Waals surface area contributed by atoms with Crippen LogP contribution >= 0.6 is 11.6 Å². The number of nitrogens with zero attached hydrogens (tertiary/aromatic N) is 1. The molecule has 0 radical (unpaired) electrons. The predicted octanol–water partition coefficient (Wildman–Crippen LogP) is 2.60. The first kappa shape index (κ1) is 16.2. The molecule has 1 aliphatic carbocycles. The molecule has 8 heteroatoms. The number of aromatic carboxylic acids is 1. The highest BCUT2D eigenvalue weighted by atomic mass is 35.5. The fraction of sp³-hybridized carbons (Fsp3) is 0.462. The van der Waals surface area contributed by atoms with Crippen LogP contribution in [0.5, 0.6) is 0 Å². The smallest absolute Gasteiger partial charge is 0.337 e. The molecule has 0 spiro atoms. The van der Waals surface area contributed by atoms with Gasteiger partial charge in [-0.3, -0.25) is 0 Å². The molecule has 0 saturated heterocycles. The second kappa shape index (κ2) is 5.90. The van der Waals surface area contributed by atoms with Crippen molar-refractivity contribution in [1.82, 2.24) is 4.31 Å². The Labute approximate surface area is 127 Å². The van der Waals surface area contributed by atoms with E-state index in [2.05, 4.69) is 0 Å². The average molecular weight is 336 g/mol. The van der Waals surface area contributed by atoms with Crippen LogP contribution in [0.1, 0.15) is 30.1 Å². The summed E-state index contributed by atoms with van der Waals surface area (Å²) in [6.45, 7) is 2.29. The van der Waals surface area contributed by atoms with Crippen molar-refractivity contribution in [2.75, 3.05) is 13.1 Å². The van der Waals surface area contributed by atoms with E-state index in [0.29, 0.717) is 12.5 Å². The van der Waals surface area contributed by atoms with Crippen LogP contribution in [0.3, 0.4) is 0 Å². The van der Waals surface area contributed by atoms with Crippen LogP contribution in [-0.2, 0) is 10.0 Å². The summed E-state index contributed by atoms with van der Waals surface area (Å²) in [5.74, 6) is -2.20. The molecule has 1 aromatic carbocycles. The van der Waals surface area contributed by atoms with Crippen LogP contribution in [0.4, 0.5) is 4.39 Å². The number of carboxylic acids is 1. The van der Waals surface area contributed by atoms with Gasteiger partial charge in [0.25, 0.3) is 0 Å². The SMILES string of the molecule is CCN(CC1CC1)S(=O)(=O)c1cc(F)c(Cl)c(C(=O)O)c1. The lowest BCUT2D eigenvalue weighted by atomic mass is 10.2. The van der Waals surface area contributed by atoms with E-state index in [-0.39, 0.29) is 11.4 Å². The summed E-state index contributed by atoms with van der Waals surface area (Å²) in [5.41, 5.74) is -0.558. The maximum absolute atomic E-state index is 13.7. The molecule has 1 fully saturated rings. The van der Waals surface area contributed by atoms with Gasteiger partial charge >= 0.3 is 5.97 Å². The molecule has 1 aliphatic rings. The van der Waals surface area contributed by atoms with Crippen molar-refractivity contribution in [3.8, 4) is 0 Å². The molecule has 0 amide bonds. The van der Waals surface area contributed by atoms with Crippen molar-refractivity contribution in [1.29, 1.82) is 0 Å². The summed E-state index contributed by atoms with van der Waals surface area (Å²) in [6, 6.07) is 1.66. The molecule has 1 saturated carbocycles. The highest BCUT2D eigenvalue weighted by molar-refractivity contribution is 7.89. The average Bonchev–Trinajstić information content (AvgIpc) is 3.22. The molecule has 0 heterocycles. The molecular formula is C13H15ClFNO4S. The molecule has 116 valence electrons. The van der Waals surface area contributed by atoms with Gasteiger partial charge in [0.2, 0.25) is 10.0 Å². The van der Waals surface area contributed by atoms with Crippen molar-refractivity contribution in [2.45, 2.75) is 24.7 Å². The molecule has 0 atom stereocenters. The number of rotatable bonds is 6. The number of halogens is 2. The lowest BCUT2D eigenvalue weighted by Crippen LogP contribution is -2.33. The molecule has 0 bridgehead atoms. The van der Waals surface area contributed by atoms with E-state index >= 15 is 0 Å². The standard InChI is InChI=1S/C13H15ClFNO4S/c1-2-16(7-8-3-4-8)21(19,20)9-5-10(13(17)18)12(14)11(15)6-9/h5-6,8H,2-4,7H2,1H3,(H,17,18).